The van der Waals surface area contributed by atoms with Gasteiger partial charge in [-0.2, -0.15) is 60.0 Å². The van der Waals surface area contributed by atoms with Crippen molar-refractivity contribution in [3.8, 4) is 0 Å². The minimum absolute atomic E-state index is 0.520. The van der Waals surface area contributed by atoms with Crippen LogP contribution >= 0.6 is 0 Å². The molecule has 42 heavy (non-hydrogen) atoms. The average Bonchev–Trinajstić information content (AvgIpc) is 2.83. The van der Waals surface area contributed by atoms with Gasteiger partial charge in [0, 0.05) is 0 Å². The molecule has 0 unspecified atom stereocenters. The molecule has 0 bridgehead atoms. The molecule has 2 aromatic rings. The summed E-state index contributed by atoms with van der Waals surface area (Å²) in [7, 11) is -23.6. The zero-order valence-corrected chi connectivity index (χ0v) is 23.1. The second-order valence-electron chi connectivity index (χ2n) is 7.76. The molecule has 0 aromatic heterocycles. The van der Waals surface area contributed by atoms with Crippen LogP contribution in [0.1, 0.15) is 11.1 Å². The third kappa shape index (κ3) is 7.54. The van der Waals surface area contributed by atoms with Gasteiger partial charge in [0.15, 0.2) is 0 Å². The van der Waals surface area contributed by atoms with Crippen molar-refractivity contribution in [2.45, 2.75) is 33.9 Å². The number of rotatable bonds is 8. The summed E-state index contributed by atoms with van der Waals surface area (Å²) < 4.78 is 188. The molecule has 24 heteroatoms. The molecule has 2 aromatic carbocycles. The monoisotopic (exact) mass is 692 g/mol. The van der Waals surface area contributed by atoms with E-state index in [0.29, 0.717) is 48.5 Å². The molecule has 0 heterocycles. The number of sulfonamides is 2. The first-order valence-electron chi connectivity index (χ1n) is 10.1. The normalized spacial score (nSPS) is 13.4. The van der Waals surface area contributed by atoms with Crippen LogP contribution in [0.5, 0.6) is 0 Å². The topological polar surface area (TPSA) is 218 Å². The van der Waals surface area contributed by atoms with Crippen LogP contribution in [0.3, 0.4) is 0 Å². The SMILES string of the molecule is O=C(C(=O)N(Cc1ccc(S(=O)(=O)O)cc1)S(=O)(=O)C(F)(F)F)N(Cc1ccc(S(=O)(=O)O)cc1)S(=O)(=O)C(F)(F)F. The number of amides is 2. The average molecular weight is 693 g/mol. The van der Waals surface area contributed by atoms with Crippen molar-refractivity contribution in [2.75, 3.05) is 0 Å². The molecule has 0 radical (unpaired) electrons. The molecule has 234 valence electrons. The van der Waals surface area contributed by atoms with E-state index in [-0.39, 0.29) is 0 Å². The van der Waals surface area contributed by atoms with E-state index in [9.17, 15) is 69.6 Å². The summed E-state index contributed by atoms with van der Waals surface area (Å²) >= 11 is 0. The first-order valence-corrected chi connectivity index (χ1v) is 15.9. The highest BCUT2D eigenvalue weighted by atomic mass is 32.2. The quantitative estimate of drug-likeness (QED) is 0.227. The lowest BCUT2D eigenvalue weighted by molar-refractivity contribution is -0.147. The van der Waals surface area contributed by atoms with Crippen LogP contribution in [0.15, 0.2) is 58.3 Å². The lowest BCUT2D eigenvalue weighted by Crippen LogP contribution is -2.53. The largest absolute Gasteiger partial charge is 0.516 e. The van der Waals surface area contributed by atoms with Crippen LogP contribution in [0.25, 0.3) is 0 Å². The zero-order valence-electron chi connectivity index (χ0n) is 19.8. The van der Waals surface area contributed by atoms with Crippen LogP contribution in [-0.2, 0) is 63.0 Å². The van der Waals surface area contributed by atoms with Gasteiger partial charge in [-0.25, -0.2) is 8.61 Å². The number of hydrogen-bond acceptors (Lipinski definition) is 10. The minimum Gasteiger partial charge on any atom is -0.282 e. The Morgan fingerprint density at radius 1 is 0.548 bits per heavy atom. The predicted octanol–water partition coefficient (Wildman–Crippen LogP) is 1.24. The highest BCUT2D eigenvalue weighted by Crippen LogP contribution is 2.32. The summed E-state index contributed by atoms with van der Waals surface area (Å²) in [5.74, 6) is -5.90. The number of carbonyl (C=O) groups excluding carboxylic acids is 2. The maximum Gasteiger partial charge on any atom is 0.516 e. The third-order valence-corrected chi connectivity index (χ3v) is 9.55. The molecule has 0 aliphatic rings. The Balaban J connectivity index is 2.65. The molecule has 2 rings (SSSR count). The van der Waals surface area contributed by atoms with Crippen molar-refractivity contribution >= 4 is 52.1 Å². The van der Waals surface area contributed by atoms with Crippen LogP contribution in [-0.4, -0.2) is 74.2 Å². The van der Waals surface area contributed by atoms with Gasteiger partial charge in [-0.3, -0.25) is 18.7 Å². The zero-order chi connectivity index (χ0) is 32.7. The summed E-state index contributed by atoms with van der Waals surface area (Å²) in [6.45, 7) is -3.58. The molecule has 2 amide bonds. The molecule has 2 N–H and O–H groups in total. The Hall–Kier alpha value is -3.32. The smallest absolute Gasteiger partial charge is 0.282 e. The molecular formula is C18H14F6N2O12S4. The minimum atomic E-state index is -6.93. The number of halogens is 6. The fraction of sp³-hybridized carbons (Fsp3) is 0.222. The van der Waals surface area contributed by atoms with E-state index in [4.69, 9.17) is 9.11 Å². The lowest BCUT2D eigenvalue weighted by Gasteiger charge is -2.27. The van der Waals surface area contributed by atoms with Crippen molar-refractivity contribution in [3.63, 3.8) is 0 Å². The number of nitrogens with zero attached hydrogens (tertiary/aromatic N) is 2. The maximum absolute atomic E-state index is 13.3. The highest BCUT2D eigenvalue weighted by Gasteiger charge is 2.57. The van der Waals surface area contributed by atoms with Gasteiger partial charge in [0.2, 0.25) is 0 Å². The highest BCUT2D eigenvalue weighted by molar-refractivity contribution is 7.91. The Bertz CT molecular complexity index is 1670. The second-order valence-corrected chi connectivity index (χ2v) is 14.3. The van der Waals surface area contributed by atoms with Crippen molar-refractivity contribution in [1.82, 2.24) is 8.61 Å². The summed E-state index contributed by atoms with van der Waals surface area (Å²) in [6, 6.07) is 4.30. The number of carbonyl (C=O) groups is 2. The van der Waals surface area contributed by atoms with Crippen molar-refractivity contribution in [1.29, 1.82) is 0 Å². The van der Waals surface area contributed by atoms with Gasteiger partial charge in [0.25, 0.3) is 20.2 Å². The van der Waals surface area contributed by atoms with E-state index in [1.165, 1.54) is 0 Å². The maximum atomic E-state index is 13.3. The van der Waals surface area contributed by atoms with Gasteiger partial charge in [-0.15, -0.1) is 0 Å². The molecule has 0 saturated heterocycles. The molecule has 0 atom stereocenters. The molecule has 0 aliphatic carbocycles. The first kappa shape index (κ1) is 34.9. The third-order valence-electron chi connectivity index (χ3n) is 4.90. The predicted molar refractivity (Wildman–Crippen MR) is 124 cm³/mol. The van der Waals surface area contributed by atoms with Crippen molar-refractivity contribution in [3.05, 3.63) is 59.7 Å². The number of hydrogen-bond donors (Lipinski definition) is 2. The fourth-order valence-corrected chi connectivity index (χ4v) is 5.55. The van der Waals surface area contributed by atoms with Gasteiger partial charge in [0.05, 0.1) is 22.9 Å². The Morgan fingerprint density at radius 3 is 0.976 bits per heavy atom. The molecule has 14 nitrogen and oxygen atoms in total. The van der Waals surface area contributed by atoms with Gasteiger partial charge < -0.3 is 0 Å². The van der Waals surface area contributed by atoms with E-state index in [1.54, 1.807) is 0 Å². The molecule has 0 aliphatic heterocycles. The lowest BCUT2D eigenvalue weighted by atomic mass is 10.2. The molecular weight excluding hydrogens is 678 g/mol. The van der Waals surface area contributed by atoms with Crippen LogP contribution < -0.4 is 0 Å². The number of alkyl halides is 6. The molecule has 0 saturated carbocycles. The summed E-state index contributed by atoms with van der Waals surface area (Å²) in [6.07, 6.45) is 0. The Labute approximate surface area is 232 Å². The van der Waals surface area contributed by atoms with E-state index in [0.717, 1.165) is 0 Å². The Kier molecular flexibility index (Phi) is 9.47. The van der Waals surface area contributed by atoms with E-state index in [1.807, 2.05) is 0 Å². The standard InChI is InChI=1S/C18H14F6N2O12S4/c19-17(20,21)41(35,36)25(9-11-1-5-13(6-2-11)39(29,30)31)15(27)16(28)26(42(37,38)18(22,23)24)10-12-3-7-14(8-4-12)40(32,33)34/h1-8H,9-10H2,(H,29,30,31)(H,32,33,34). The van der Waals surface area contributed by atoms with Crippen LogP contribution in [0, 0.1) is 0 Å². The van der Waals surface area contributed by atoms with E-state index >= 15 is 0 Å². The molecule has 0 spiro atoms. The van der Waals surface area contributed by atoms with Gasteiger partial charge in [0.1, 0.15) is 0 Å². The van der Waals surface area contributed by atoms with Crippen LogP contribution in [0.2, 0.25) is 0 Å². The van der Waals surface area contributed by atoms with Crippen LogP contribution in [0.4, 0.5) is 26.3 Å². The van der Waals surface area contributed by atoms with E-state index in [2.05, 4.69) is 0 Å². The second kappa shape index (κ2) is 11.4. The number of benzene rings is 2. The van der Waals surface area contributed by atoms with Crippen molar-refractivity contribution in [2.24, 2.45) is 0 Å². The van der Waals surface area contributed by atoms with Gasteiger partial charge in [-0.05, 0) is 35.4 Å². The summed E-state index contributed by atoms with van der Waals surface area (Å²) in [5.41, 5.74) is -14.1. The molecule has 0 fully saturated rings. The van der Waals surface area contributed by atoms with Gasteiger partial charge >= 0.3 is 42.9 Å². The van der Waals surface area contributed by atoms with E-state index < -0.39 is 106 Å². The first-order chi connectivity index (χ1) is 18.7. The van der Waals surface area contributed by atoms with Crippen molar-refractivity contribution < 1.29 is 78.7 Å². The summed E-state index contributed by atoms with van der Waals surface area (Å²) in [4.78, 5) is 23.7. The summed E-state index contributed by atoms with van der Waals surface area (Å²) in [5, 5.41) is 0. The fourth-order valence-electron chi connectivity index (χ4n) is 2.86. The Morgan fingerprint density at radius 2 is 0.786 bits per heavy atom. The van der Waals surface area contributed by atoms with Gasteiger partial charge in [-0.1, -0.05) is 24.3 Å².